The topological polar surface area (TPSA) is 78.9 Å². The Hall–Kier alpha value is -2.25. The lowest BCUT2D eigenvalue weighted by Crippen LogP contribution is -2.65. The second kappa shape index (κ2) is 13.0. The predicted octanol–water partition coefficient (Wildman–Crippen LogP) is 9.58. The SMILES string of the molecule is CN(C)CCCNC(=S)[C@]12CCC(C)(C)C[C@H]1C1=CC[C@@H]3[C@@]4(C)CC[C@H](OC(=O)c5ccccc5C(=O)O)C(C)(C)[C@@H]4CC[C@@]3(C)[C@]1(C)CC2. The molecular weight excluding hydrogens is 641 g/mol. The first-order chi connectivity index (χ1) is 23.3. The molecule has 50 heavy (non-hydrogen) atoms. The molecule has 0 aliphatic heterocycles. The van der Waals surface area contributed by atoms with Crippen molar-refractivity contribution in [2.24, 2.45) is 50.2 Å². The molecule has 0 saturated heterocycles. The molecular formula is C43H64N2O4S. The van der Waals surface area contributed by atoms with Crippen LogP contribution in [0.5, 0.6) is 0 Å². The van der Waals surface area contributed by atoms with Crippen molar-refractivity contribution in [3.8, 4) is 0 Å². The van der Waals surface area contributed by atoms with E-state index in [-0.39, 0.29) is 44.3 Å². The summed E-state index contributed by atoms with van der Waals surface area (Å²) in [4.78, 5) is 28.7. The van der Waals surface area contributed by atoms with Gasteiger partial charge >= 0.3 is 11.9 Å². The van der Waals surface area contributed by atoms with Crippen LogP contribution in [0.1, 0.15) is 140 Å². The molecule has 6 nitrogen and oxygen atoms in total. The number of thiocarbonyl (C=S) groups is 1. The molecule has 4 saturated carbocycles. The zero-order chi connectivity index (χ0) is 36.5. The van der Waals surface area contributed by atoms with E-state index in [2.05, 4.69) is 78.9 Å². The molecule has 8 atom stereocenters. The maximum absolute atomic E-state index is 13.5. The van der Waals surface area contributed by atoms with E-state index in [1.165, 1.54) is 44.6 Å². The third-order valence-electron chi connectivity index (χ3n) is 15.7. The molecule has 1 aromatic carbocycles. The monoisotopic (exact) mass is 704 g/mol. The highest BCUT2D eigenvalue weighted by Crippen LogP contribution is 2.76. The number of benzene rings is 1. The molecule has 0 radical (unpaired) electrons. The van der Waals surface area contributed by atoms with Gasteiger partial charge in [-0.05, 0) is 143 Å². The van der Waals surface area contributed by atoms with Crippen LogP contribution in [0.3, 0.4) is 0 Å². The lowest BCUT2D eigenvalue weighted by Gasteiger charge is -2.71. The Labute approximate surface area is 307 Å². The van der Waals surface area contributed by atoms with Gasteiger partial charge in [-0.1, -0.05) is 84.5 Å². The summed E-state index contributed by atoms with van der Waals surface area (Å²) in [5, 5.41) is 13.5. The van der Waals surface area contributed by atoms with Crippen LogP contribution in [0.15, 0.2) is 35.9 Å². The Morgan fingerprint density at radius 1 is 0.920 bits per heavy atom. The normalized spacial score (nSPS) is 38.4. The van der Waals surface area contributed by atoms with E-state index in [0.717, 1.165) is 50.2 Å². The molecule has 0 amide bonds. The molecule has 5 aliphatic carbocycles. The smallest absolute Gasteiger partial charge is 0.339 e. The van der Waals surface area contributed by atoms with Gasteiger partial charge in [0.15, 0.2) is 0 Å². The Morgan fingerprint density at radius 2 is 1.60 bits per heavy atom. The zero-order valence-electron chi connectivity index (χ0n) is 32.4. The van der Waals surface area contributed by atoms with E-state index >= 15 is 0 Å². The van der Waals surface area contributed by atoms with Crippen molar-refractivity contribution in [2.45, 2.75) is 125 Å². The molecule has 0 spiro atoms. The van der Waals surface area contributed by atoms with Crippen molar-refractivity contribution in [2.75, 3.05) is 27.2 Å². The van der Waals surface area contributed by atoms with Gasteiger partial charge in [0.25, 0.3) is 0 Å². The molecule has 4 fully saturated rings. The lowest BCUT2D eigenvalue weighted by atomic mass is 9.33. The number of hydrogen-bond acceptors (Lipinski definition) is 5. The van der Waals surface area contributed by atoms with E-state index in [4.69, 9.17) is 17.0 Å². The van der Waals surface area contributed by atoms with Crippen molar-refractivity contribution < 1.29 is 19.4 Å². The third-order valence-corrected chi connectivity index (χ3v) is 16.3. The fraction of sp³-hybridized carbons (Fsp3) is 0.744. The van der Waals surface area contributed by atoms with Gasteiger partial charge in [0.1, 0.15) is 6.10 Å². The summed E-state index contributed by atoms with van der Waals surface area (Å²) in [6.07, 6.45) is 14.8. The van der Waals surface area contributed by atoms with Gasteiger partial charge in [0, 0.05) is 17.4 Å². The lowest BCUT2D eigenvalue weighted by molar-refractivity contribution is -0.201. The van der Waals surface area contributed by atoms with Crippen LogP contribution in [0.4, 0.5) is 0 Å². The number of ether oxygens (including phenoxy) is 1. The number of allylic oxidation sites excluding steroid dienone is 2. The number of fused-ring (bicyclic) bond motifs is 7. The fourth-order valence-electron chi connectivity index (χ4n) is 12.6. The van der Waals surface area contributed by atoms with Crippen molar-refractivity contribution in [1.82, 2.24) is 10.2 Å². The van der Waals surface area contributed by atoms with Gasteiger partial charge in [0.2, 0.25) is 0 Å². The molecule has 0 bridgehead atoms. The minimum Gasteiger partial charge on any atom is -0.478 e. The van der Waals surface area contributed by atoms with E-state index in [1.807, 2.05) is 0 Å². The van der Waals surface area contributed by atoms with Crippen LogP contribution < -0.4 is 5.32 Å². The van der Waals surface area contributed by atoms with Crippen LogP contribution in [-0.4, -0.2) is 60.2 Å². The summed E-state index contributed by atoms with van der Waals surface area (Å²) in [6.45, 7) is 19.4. The van der Waals surface area contributed by atoms with Crippen LogP contribution in [-0.2, 0) is 4.74 Å². The number of nitrogens with zero attached hydrogens (tertiary/aromatic N) is 1. The van der Waals surface area contributed by atoms with E-state index in [0.29, 0.717) is 23.2 Å². The molecule has 6 rings (SSSR count). The highest BCUT2D eigenvalue weighted by Gasteiger charge is 2.69. The summed E-state index contributed by atoms with van der Waals surface area (Å²) in [5.41, 5.74) is 2.41. The first-order valence-corrected chi connectivity index (χ1v) is 19.9. The highest BCUT2D eigenvalue weighted by atomic mass is 32.1. The minimum atomic E-state index is -1.10. The van der Waals surface area contributed by atoms with Crippen molar-refractivity contribution in [3.63, 3.8) is 0 Å². The molecule has 2 N–H and O–H groups in total. The van der Waals surface area contributed by atoms with Gasteiger partial charge in [0.05, 0.1) is 16.1 Å². The van der Waals surface area contributed by atoms with Gasteiger partial charge in [-0.25, -0.2) is 9.59 Å². The molecule has 0 unspecified atom stereocenters. The number of carbonyl (C=O) groups is 2. The second-order valence-corrected chi connectivity index (χ2v) is 19.8. The average molecular weight is 705 g/mol. The maximum Gasteiger partial charge on any atom is 0.339 e. The number of carboxylic acid groups (broad SMARTS) is 1. The molecule has 0 heterocycles. The predicted molar refractivity (Wildman–Crippen MR) is 205 cm³/mol. The van der Waals surface area contributed by atoms with Gasteiger partial charge < -0.3 is 20.1 Å². The van der Waals surface area contributed by atoms with E-state index < -0.39 is 11.9 Å². The Balaban J connectivity index is 1.27. The number of hydrogen-bond donors (Lipinski definition) is 2. The number of carboxylic acids is 1. The molecule has 1 aromatic rings. The average Bonchev–Trinajstić information content (AvgIpc) is 3.04. The largest absolute Gasteiger partial charge is 0.478 e. The van der Waals surface area contributed by atoms with E-state index in [9.17, 15) is 14.7 Å². The van der Waals surface area contributed by atoms with Crippen LogP contribution in [0.2, 0.25) is 0 Å². The van der Waals surface area contributed by atoms with Gasteiger partial charge in [-0.2, -0.15) is 0 Å². The third kappa shape index (κ3) is 5.89. The van der Waals surface area contributed by atoms with Crippen LogP contribution >= 0.6 is 12.2 Å². The van der Waals surface area contributed by atoms with Crippen molar-refractivity contribution in [1.29, 1.82) is 0 Å². The van der Waals surface area contributed by atoms with Crippen molar-refractivity contribution >= 4 is 29.1 Å². The fourth-order valence-corrected chi connectivity index (χ4v) is 13.1. The molecule has 276 valence electrons. The Bertz CT molecular complexity index is 1550. The Kier molecular flexibility index (Phi) is 9.75. The maximum atomic E-state index is 13.5. The standard InChI is InChI=1S/C43H64N2O4S/c1-38(2)21-23-43(37(50)44-25-12-26-45(8)9)24-22-41(6)30(31(43)27-38)15-16-33-40(5)19-18-34(39(3,4)32(40)17-20-42(33,41)7)49-36(48)29-14-11-10-13-28(29)35(46)47/h10-11,13-15,31-34H,12,16-27H2,1-9H3,(H,44,50)(H,46,47)/t31-,32-,33+,34-,40-,41+,42+,43-/m0/s1. The molecule has 0 aromatic heterocycles. The summed E-state index contributed by atoms with van der Waals surface area (Å²) in [6, 6.07) is 6.42. The quantitative estimate of drug-likeness (QED) is 0.121. The number of nitrogens with one attached hydrogen (secondary N) is 1. The minimum absolute atomic E-state index is 0.00107. The molecule has 7 heteroatoms. The van der Waals surface area contributed by atoms with Crippen molar-refractivity contribution in [3.05, 3.63) is 47.0 Å². The van der Waals surface area contributed by atoms with Gasteiger partial charge in [-0.15, -0.1) is 0 Å². The Morgan fingerprint density at radius 3 is 2.28 bits per heavy atom. The first-order valence-electron chi connectivity index (χ1n) is 19.5. The summed E-state index contributed by atoms with van der Waals surface area (Å²) >= 11 is 6.38. The summed E-state index contributed by atoms with van der Waals surface area (Å²) in [7, 11) is 4.28. The van der Waals surface area contributed by atoms with Gasteiger partial charge in [-0.3, -0.25) is 0 Å². The number of esters is 1. The van der Waals surface area contributed by atoms with E-state index in [1.54, 1.807) is 23.8 Å². The first kappa shape index (κ1) is 37.5. The van der Waals surface area contributed by atoms with Crippen LogP contribution in [0, 0.1) is 50.2 Å². The molecule has 5 aliphatic rings. The summed E-state index contributed by atoms with van der Waals surface area (Å²) in [5.74, 6) is -0.182. The second-order valence-electron chi connectivity index (χ2n) is 19.4. The number of carbonyl (C=O) groups excluding carboxylic acids is 1. The number of aromatic carboxylic acids is 1. The summed E-state index contributed by atoms with van der Waals surface area (Å²) < 4.78 is 6.27. The zero-order valence-corrected chi connectivity index (χ0v) is 33.2. The highest BCUT2D eigenvalue weighted by molar-refractivity contribution is 7.80. The van der Waals surface area contributed by atoms with Crippen LogP contribution in [0.25, 0.3) is 0 Å². The number of rotatable bonds is 8.